The van der Waals surface area contributed by atoms with Crippen molar-refractivity contribution in [3.05, 3.63) is 28.5 Å². The number of primary amides is 1. The number of pyridine rings is 1. The zero-order valence-electron chi connectivity index (χ0n) is 9.44. The van der Waals surface area contributed by atoms with Crippen molar-refractivity contribution in [3.8, 4) is 0 Å². The highest BCUT2D eigenvalue weighted by atomic mass is 35.5. The number of aromatic nitrogens is 1. The van der Waals surface area contributed by atoms with Gasteiger partial charge in [-0.3, -0.25) is 4.98 Å². The minimum atomic E-state index is -1.53. The number of nitrogens with two attached hydrogens (primary N) is 1. The normalized spacial score (nSPS) is 22.1. The zero-order chi connectivity index (χ0) is 13.3. The molecular formula is C11H12ClN3O3. The number of nitrogens with one attached hydrogen (secondary N) is 1. The van der Waals surface area contributed by atoms with Crippen LogP contribution in [0.4, 0.5) is 4.79 Å². The van der Waals surface area contributed by atoms with Crippen molar-refractivity contribution < 1.29 is 14.7 Å². The number of rotatable bonds is 2. The van der Waals surface area contributed by atoms with E-state index >= 15 is 0 Å². The Morgan fingerprint density at radius 1 is 1.56 bits per heavy atom. The molecule has 0 aliphatic heterocycles. The van der Waals surface area contributed by atoms with Crippen LogP contribution in [0.5, 0.6) is 0 Å². The second kappa shape index (κ2) is 4.45. The lowest BCUT2D eigenvalue weighted by atomic mass is 9.78. The highest BCUT2D eigenvalue weighted by Gasteiger charge is 2.45. The first kappa shape index (κ1) is 12.6. The summed E-state index contributed by atoms with van der Waals surface area (Å²) in [4.78, 5) is 26.7. The monoisotopic (exact) mass is 269 g/mol. The average molecular weight is 270 g/mol. The van der Waals surface area contributed by atoms with Crippen molar-refractivity contribution in [2.45, 2.75) is 24.8 Å². The van der Waals surface area contributed by atoms with Gasteiger partial charge in [0.1, 0.15) is 0 Å². The first-order valence-electron chi connectivity index (χ1n) is 5.41. The van der Waals surface area contributed by atoms with Gasteiger partial charge in [0.25, 0.3) is 0 Å². The summed E-state index contributed by atoms with van der Waals surface area (Å²) in [5.41, 5.74) is 4.58. The summed E-state index contributed by atoms with van der Waals surface area (Å²) in [5, 5.41) is 12.1. The zero-order valence-corrected chi connectivity index (χ0v) is 10.2. The number of carbonyl (C=O) groups is 2. The van der Waals surface area contributed by atoms with E-state index in [-0.39, 0.29) is 6.42 Å². The van der Waals surface area contributed by atoms with Crippen molar-refractivity contribution in [1.82, 2.24) is 10.3 Å². The Morgan fingerprint density at radius 2 is 2.28 bits per heavy atom. The molecule has 0 fully saturated rings. The van der Waals surface area contributed by atoms with Gasteiger partial charge >= 0.3 is 12.0 Å². The molecule has 1 aliphatic carbocycles. The largest absolute Gasteiger partial charge is 0.479 e. The standard InChI is InChI=1S/C11H12ClN3O3/c12-6-4-7-8(14-5-6)2-1-3-11(7,9(16)17)15-10(13)18/h4-5H,1-3H2,(H,16,17)(H3,13,15,18). The van der Waals surface area contributed by atoms with Crippen LogP contribution in [-0.2, 0) is 16.8 Å². The molecule has 1 aromatic rings. The third kappa shape index (κ3) is 1.99. The number of hydrogen-bond donors (Lipinski definition) is 3. The van der Waals surface area contributed by atoms with Gasteiger partial charge in [-0.2, -0.15) is 0 Å². The summed E-state index contributed by atoms with van der Waals surface area (Å²) < 4.78 is 0. The maximum Gasteiger partial charge on any atom is 0.334 e. The minimum Gasteiger partial charge on any atom is -0.479 e. The highest BCUT2D eigenvalue weighted by Crippen LogP contribution is 2.36. The summed E-state index contributed by atoms with van der Waals surface area (Å²) in [6.07, 6.45) is 2.99. The number of amides is 2. The lowest BCUT2D eigenvalue weighted by Crippen LogP contribution is -2.55. The predicted molar refractivity (Wildman–Crippen MR) is 64.2 cm³/mol. The van der Waals surface area contributed by atoms with E-state index in [4.69, 9.17) is 17.3 Å². The molecule has 1 unspecified atom stereocenters. The summed E-state index contributed by atoms with van der Waals surface area (Å²) >= 11 is 5.85. The highest BCUT2D eigenvalue weighted by molar-refractivity contribution is 6.30. The van der Waals surface area contributed by atoms with Gasteiger partial charge in [-0.1, -0.05) is 11.6 Å². The molecule has 1 aliphatic rings. The van der Waals surface area contributed by atoms with Crippen molar-refractivity contribution in [3.63, 3.8) is 0 Å². The molecule has 2 amide bonds. The van der Waals surface area contributed by atoms with Gasteiger partial charge in [0, 0.05) is 17.5 Å². The molecule has 0 radical (unpaired) electrons. The number of aryl methyl sites for hydroxylation is 1. The fourth-order valence-electron chi connectivity index (χ4n) is 2.31. The fourth-order valence-corrected chi connectivity index (χ4v) is 2.47. The van der Waals surface area contributed by atoms with E-state index in [2.05, 4.69) is 10.3 Å². The second-order valence-corrected chi connectivity index (χ2v) is 4.64. The van der Waals surface area contributed by atoms with Gasteiger partial charge in [-0.25, -0.2) is 9.59 Å². The molecule has 6 nitrogen and oxygen atoms in total. The Bertz CT molecular complexity index is 520. The first-order chi connectivity index (χ1) is 8.45. The topological polar surface area (TPSA) is 105 Å². The van der Waals surface area contributed by atoms with Gasteiger partial charge in [0.2, 0.25) is 0 Å². The van der Waals surface area contributed by atoms with E-state index in [0.717, 1.165) is 0 Å². The number of fused-ring (bicyclic) bond motifs is 1. The molecule has 96 valence electrons. The summed E-state index contributed by atoms with van der Waals surface area (Å²) in [7, 11) is 0. The molecular weight excluding hydrogens is 258 g/mol. The van der Waals surface area contributed by atoms with Crippen molar-refractivity contribution in [2.75, 3.05) is 0 Å². The SMILES string of the molecule is NC(=O)NC1(C(=O)O)CCCc2ncc(Cl)cc21. The molecule has 4 N–H and O–H groups in total. The molecule has 1 aromatic heterocycles. The first-order valence-corrected chi connectivity index (χ1v) is 5.79. The lowest BCUT2D eigenvalue weighted by Gasteiger charge is -2.34. The number of carbonyl (C=O) groups excluding carboxylic acids is 1. The third-order valence-electron chi connectivity index (χ3n) is 3.06. The molecule has 0 aromatic carbocycles. The van der Waals surface area contributed by atoms with Gasteiger partial charge in [0.15, 0.2) is 5.54 Å². The van der Waals surface area contributed by atoms with E-state index in [0.29, 0.717) is 29.1 Å². The maximum atomic E-state index is 11.5. The van der Waals surface area contributed by atoms with Crippen LogP contribution in [-0.4, -0.2) is 22.1 Å². The number of halogens is 1. The van der Waals surface area contributed by atoms with E-state index in [9.17, 15) is 14.7 Å². The Labute approximate surface area is 108 Å². The van der Waals surface area contributed by atoms with Crippen molar-refractivity contribution in [1.29, 1.82) is 0 Å². The maximum absolute atomic E-state index is 11.5. The molecule has 2 rings (SSSR count). The smallest absolute Gasteiger partial charge is 0.334 e. The second-order valence-electron chi connectivity index (χ2n) is 4.20. The van der Waals surface area contributed by atoms with E-state index in [1.807, 2.05) is 0 Å². The molecule has 1 heterocycles. The minimum absolute atomic E-state index is 0.264. The van der Waals surface area contributed by atoms with Crippen LogP contribution in [0.2, 0.25) is 5.02 Å². The van der Waals surface area contributed by atoms with Crippen LogP contribution >= 0.6 is 11.6 Å². The fraction of sp³-hybridized carbons (Fsp3) is 0.364. The van der Waals surface area contributed by atoms with Crippen LogP contribution in [0.3, 0.4) is 0 Å². The molecule has 1 atom stereocenters. The summed E-state index contributed by atoms with van der Waals surface area (Å²) in [6.45, 7) is 0. The number of aliphatic carboxylic acids is 1. The van der Waals surface area contributed by atoms with E-state index < -0.39 is 17.5 Å². The third-order valence-corrected chi connectivity index (χ3v) is 3.27. The molecule has 18 heavy (non-hydrogen) atoms. The van der Waals surface area contributed by atoms with Gasteiger partial charge < -0.3 is 16.2 Å². The van der Waals surface area contributed by atoms with Crippen LogP contribution in [0.25, 0.3) is 0 Å². The van der Waals surface area contributed by atoms with Crippen LogP contribution in [0.1, 0.15) is 24.1 Å². The van der Waals surface area contributed by atoms with E-state index in [1.54, 1.807) is 0 Å². The number of hydrogen-bond acceptors (Lipinski definition) is 3. The van der Waals surface area contributed by atoms with E-state index in [1.165, 1.54) is 12.3 Å². The number of urea groups is 1. The van der Waals surface area contributed by atoms with Crippen molar-refractivity contribution >= 4 is 23.6 Å². The number of nitrogens with zero attached hydrogens (tertiary/aromatic N) is 1. The van der Waals surface area contributed by atoms with Gasteiger partial charge in [-0.15, -0.1) is 0 Å². The molecule has 0 saturated heterocycles. The average Bonchev–Trinajstić information content (AvgIpc) is 2.29. The summed E-state index contributed by atoms with van der Waals surface area (Å²) in [6, 6.07) is 0.637. The van der Waals surface area contributed by atoms with Crippen molar-refractivity contribution in [2.24, 2.45) is 5.73 Å². The van der Waals surface area contributed by atoms with Gasteiger partial charge in [0.05, 0.1) is 5.02 Å². The van der Waals surface area contributed by atoms with Gasteiger partial charge in [-0.05, 0) is 25.3 Å². The molecule has 0 saturated carbocycles. The molecule has 0 spiro atoms. The molecule has 0 bridgehead atoms. The van der Waals surface area contributed by atoms with Crippen LogP contribution in [0, 0.1) is 0 Å². The predicted octanol–water partition coefficient (Wildman–Crippen LogP) is 1.02. The number of carboxylic acids is 1. The Kier molecular flexibility index (Phi) is 3.13. The molecule has 7 heteroatoms. The lowest BCUT2D eigenvalue weighted by molar-refractivity contribution is -0.145. The van der Waals surface area contributed by atoms with Crippen LogP contribution < -0.4 is 11.1 Å². The number of carboxylic acid groups (broad SMARTS) is 1. The Morgan fingerprint density at radius 3 is 2.89 bits per heavy atom. The quantitative estimate of drug-likeness (QED) is 0.745. The van der Waals surface area contributed by atoms with Crippen LogP contribution in [0.15, 0.2) is 12.3 Å². The Balaban J connectivity index is 2.59. The summed E-state index contributed by atoms with van der Waals surface area (Å²) in [5.74, 6) is -1.16. The Hall–Kier alpha value is -1.82.